The Morgan fingerprint density at radius 2 is 1.93 bits per heavy atom. The van der Waals surface area contributed by atoms with Crippen LogP contribution >= 0.6 is 11.6 Å². The summed E-state index contributed by atoms with van der Waals surface area (Å²) >= 11 is 5.87. The van der Waals surface area contributed by atoms with Gasteiger partial charge in [0, 0.05) is 18.0 Å². The molecular weight excluding hydrogens is 370 g/mol. The van der Waals surface area contributed by atoms with Crippen molar-refractivity contribution in [2.45, 2.75) is 51.4 Å². The first kappa shape index (κ1) is 21.6. The molecule has 5 N–H and O–H groups in total. The van der Waals surface area contributed by atoms with E-state index >= 15 is 0 Å². The Morgan fingerprint density at radius 1 is 1.33 bits per heavy atom. The van der Waals surface area contributed by atoms with Gasteiger partial charge in [0.2, 0.25) is 11.8 Å². The summed E-state index contributed by atoms with van der Waals surface area (Å²) in [5.41, 5.74) is 6.28. The van der Waals surface area contributed by atoms with Crippen LogP contribution in [0.1, 0.15) is 38.8 Å². The predicted molar refractivity (Wildman–Crippen MR) is 103 cm³/mol. The Morgan fingerprint density at radius 3 is 2.44 bits per heavy atom. The Labute approximate surface area is 164 Å². The molecule has 1 saturated heterocycles. The standard InChI is InChI=1S/C19H28ClN3O4/c1-19(2,3)16(21)18(27)23-9-13(25)8-15(23)17(26)22-14(10-24)11-4-6-12(20)7-5-11/h4-7,13-16,24-25H,8-10,21H2,1-3H3,(H,22,26)/t13-,14?,15+,16?/m1/s1. The SMILES string of the molecule is CC(C)(C)C(N)C(=O)N1C[C@H](O)C[C@H]1C(=O)NC(CO)c1ccc(Cl)cc1. The van der Waals surface area contributed by atoms with Crippen LogP contribution in [0.4, 0.5) is 0 Å². The van der Waals surface area contributed by atoms with Gasteiger partial charge >= 0.3 is 0 Å². The summed E-state index contributed by atoms with van der Waals surface area (Å²) in [7, 11) is 0. The molecule has 0 bridgehead atoms. The highest BCUT2D eigenvalue weighted by Gasteiger charge is 2.43. The monoisotopic (exact) mass is 397 g/mol. The van der Waals surface area contributed by atoms with Gasteiger partial charge in [0.1, 0.15) is 6.04 Å². The van der Waals surface area contributed by atoms with Crippen molar-refractivity contribution in [3.8, 4) is 0 Å². The van der Waals surface area contributed by atoms with Gasteiger partial charge in [-0.25, -0.2) is 0 Å². The van der Waals surface area contributed by atoms with Crippen LogP contribution in [0.15, 0.2) is 24.3 Å². The summed E-state index contributed by atoms with van der Waals surface area (Å²) in [4.78, 5) is 26.9. The van der Waals surface area contributed by atoms with Crippen LogP contribution in [-0.2, 0) is 9.59 Å². The molecule has 27 heavy (non-hydrogen) atoms. The van der Waals surface area contributed by atoms with Crippen molar-refractivity contribution in [1.29, 1.82) is 0 Å². The van der Waals surface area contributed by atoms with Crippen molar-refractivity contribution in [1.82, 2.24) is 10.2 Å². The number of β-amino-alcohol motifs (C(OH)–C–C–N with tert-alkyl or cyclic N) is 1. The van der Waals surface area contributed by atoms with E-state index in [1.54, 1.807) is 24.3 Å². The van der Waals surface area contributed by atoms with Gasteiger partial charge in [-0.15, -0.1) is 0 Å². The molecule has 0 saturated carbocycles. The van der Waals surface area contributed by atoms with E-state index in [0.717, 1.165) is 0 Å². The van der Waals surface area contributed by atoms with Gasteiger partial charge in [0.25, 0.3) is 0 Å². The average molecular weight is 398 g/mol. The lowest BCUT2D eigenvalue weighted by Crippen LogP contribution is -2.55. The maximum atomic E-state index is 12.8. The summed E-state index contributed by atoms with van der Waals surface area (Å²) in [6, 6.07) is 4.51. The van der Waals surface area contributed by atoms with E-state index in [1.165, 1.54) is 4.90 Å². The smallest absolute Gasteiger partial charge is 0.243 e. The van der Waals surface area contributed by atoms with Crippen molar-refractivity contribution in [2.75, 3.05) is 13.2 Å². The van der Waals surface area contributed by atoms with E-state index in [9.17, 15) is 19.8 Å². The highest BCUT2D eigenvalue weighted by molar-refractivity contribution is 6.30. The number of nitrogens with one attached hydrogen (secondary N) is 1. The molecule has 1 aromatic rings. The van der Waals surface area contributed by atoms with Crippen molar-refractivity contribution >= 4 is 23.4 Å². The number of carbonyl (C=O) groups is 2. The van der Waals surface area contributed by atoms with Crippen molar-refractivity contribution in [3.63, 3.8) is 0 Å². The first-order valence-corrected chi connectivity index (χ1v) is 9.33. The lowest BCUT2D eigenvalue weighted by atomic mass is 9.86. The van der Waals surface area contributed by atoms with Crippen LogP contribution < -0.4 is 11.1 Å². The molecule has 0 aliphatic carbocycles. The molecule has 1 aromatic carbocycles. The highest BCUT2D eigenvalue weighted by Crippen LogP contribution is 2.25. The molecule has 0 spiro atoms. The molecule has 1 aliphatic rings. The van der Waals surface area contributed by atoms with E-state index < -0.39 is 35.6 Å². The number of hydrogen-bond donors (Lipinski definition) is 4. The molecule has 0 radical (unpaired) electrons. The first-order valence-electron chi connectivity index (χ1n) is 8.95. The Kier molecular flexibility index (Phi) is 6.86. The number of amides is 2. The van der Waals surface area contributed by atoms with Crippen LogP contribution in [0.5, 0.6) is 0 Å². The minimum absolute atomic E-state index is 0.0609. The number of benzene rings is 1. The van der Waals surface area contributed by atoms with Gasteiger partial charge in [-0.1, -0.05) is 44.5 Å². The van der Waals surface area contributed by atoms with Crippen molar-refractivity contribution < 1.29 is 19.8 Å². The number of halogens is 1. The molecule has 0 aromatic heterocycles. The van der Waals surface area contributed by atoms with Crippen LogP contribution in [-0.4, -0.2) is 58.3 Å². The summed E-state index contributed by atoms with van der Waals surface area (Å²) < 4.78 is 0. The normalized spacial score (nSPS) is 22.4. The summed E-state index contributed by atoms with van der Waals surface area (Å²) in [5, 5.41) is 23.0. The zero-order valence-corrected chi connectivity index (χ0v) is 16.6. The molecule has 1 aliphatic heterocycles. The zero-order chi connectivity index (χ0) is 20.4. The molecule has 1 heterocycles. The fourth-order valence-electron chi connectivity index (χ4n) is 3.05. The molecule has 7 nitrogen and oxygen atoms in total. The van der Waals surface area contributed by atoms with Crippen LogP contribution in [0.2, 0.25) is 5.02 Å². The van der Waals surface area contributed by atoms with Crippen molar-refractivity contribution in [3.05, 3.63) is 34.9 Å². The Balaban J connectivity index is 2.14. The van der Waals surface area contributed by atoms with E-state index in [2.05, 4.69) is 5.32 Å². The quantitative estimate of drug-likeness (QED) is 0.587. The largest absolute Gasteiger partial charge is 0.394 e. The second kappa shape index (κ2) is 8.56. The van der Waals surface area contributed by atoms with Gasteiger partial charge < -0.3 is 26.2 Å². The van der Waals surface area contributed by atoms with Gasteiger partial charge in [0.15, 0.2) is 0 Å². The predicted octanol–water partition coefficient (Wildman–Crippen LogP) is 0.825. The number of nitrogens with zero attached hydrogens (tertiary/aromatic N) is 1. The summed E-state index contributed by atoms with van der Waals surface area (Å²) in [5.74, 6) is -0.804. The van der Waals surface area contributed by atoms with E-state index in [1.807, 2.05) is 20.8 Å². The van der Waals surface area contributed by atoms with E-state index in [0.29, 0.717) is 10.6 Å². The minimum Gasteiger partial charge on any atom is -0.394 e. The van der Waals surface area contributed by atoms with Crippen LogP contribution in [0.3, 0.4) is 0 Å². The van der Waals surface area contributed by atoms with Crippen LogP contribution in [0.25, 0.3) is 0 Å². The Hall–Kier alpha value is -1.67. The number of hydrogen-bond acceptors (Lipinski definition) is 5. The number of nitrogens with two attached hydrogens (primary N) is 1. The topological polar surface area (TPSA) is 116 Å². The molecule has 8 heteroatoms. The van der Waals surface area contributed by atoms with Gasteiger partial charge in [-0.2, -0.15) is 0 Å². The fourth-order valence-corrected chi connectivity index (χ4v) is 3.18. The number of likely N-dealkylation sites (tertiary alicyclic amines) is 1. The van der Waals surface area contributed by atoms with E-state index in [-0.39, 0.29) is 25.5 Å². The first-order chi connectivity index (χ1) is 12.5. The second-order valence-corrected chi connectivity index (χ2v) is 8.47. The minimum atomic E-state index is -0.831. The van der Waals surface area contributed by atoms with Gasteiger partial charge in [-0.05, 0) is 23.1 Å². The molecule has 2 unspecified atom stereocenters. The highest BCUT2D eigenvalue weighted by atomic mass is 35.5. The van der Waals surface area contributed by atoms with Crippen LogP contribution in [0, 0.1) is 5.41 Å². The molecule has 2 rings (SSSR count). The third kappa shape index (κ3) is 5.19. The number of carbonyl (C=O) groups excluding carboxylic acids is 2. The number of aliphatic hydroxyl groups is 2. The van der Waals surface area contributed by atoms with Gasteiger partial charge in [0.05, 0.1) is 24.8 Å². The second-order valence-electron chi connectivity index (χ2n) is 8.03. The zero-order valence-electron chi connectivity index (χ0n) is 15.9. The third-order valence-corrected chi connectivity index (χ3v) is 5.09. The summed E-state index contributed by atoms with van der Waals surface area (Å²) in [6.45, 7) is 5.29. The molecule has 1 fully saturated rings. The third-order valence-electron chi connectivity index (χ3n) is 4.84. The molecular formula is C19H28ClN3O4. The molecule has 4 atom stereocenters. The fraction of sp³-hybridized carbons (Fsp3) is 0.579. The van der Waals surface area contributed by atoms with E-state index in [4.69, 9.17) is 17.3 Å². The Bertz CT molecular complexity index is 675. The lowest BCUT2D eigenvalue weighted by Gasteiger charge is -2.33. The number of aliphatic hydroxyl groups excluding tert-OH is 2. The molecule has 2 amide bonds. The summed E-state index contributed by atoms with van der Waals surface area (Å²) in [6.07, 6.45) is -0.660. The molecule has 150 valence electrons. The average Bonchev–Trinajstić information content (AvgIpc) is 3.00. The maximum absolute atomic E-state index is 12.8. The lowest BCUT2D eigenvalue weighted by molar-refractivity contribution is -0.141. The number of rotatable bonds is 5. The van der Waals surface area contributed by atoms with Gasteiger partial charge in [-0.3, -0.25) is 9.59 Å². The maximum Gasteiger partial charge on any atom is 0.243 e. The van der Waals surface area contributed by atoms with Crippen molar-refractivity contribution in [2.24, 2.45) is 11.1 Å².